The van der Waals surface area contributed by atoms with Gasteiger partial charge < -0.3 is 16.0 Å². The molecule has 3 rings (SSSR count). The van der Waals surface area contributed by atoms with Crippen molar-refractivity contribution in [1.29, 1.82) is 0 Å². The molecule has 0 aliphatic carbocycles. The summed E-state index contributed by atoms with van der Waals surface area (Å²) in [5.41, 5.74) is 1.99. The average molecular weight is 380 g/mol. The molecule has 0 saturated carbocycles. The molecule has 0 spiro atoms. The van der Waals surface area contributed by atoms with E-state index in [-0.39, 0.29) is 11.6 Å². The molecule has 0 saturated heterocycles. The molecule has 2 heterocycles. The van der Waals surface area contributed by atoms with E-state index in [1.807, 2.05) is 34.9 Å². The first-order chi connectivity index (χ1) is 13.5. The molecule has 0 amide bonds. The summed E-state index contributed by atoms with van der Waals surface area (Å²) < 4.78 is 1.97. The molecule has 0 aliphatic heterocycles. The molecule has 3 aromatic rings. The maximum atomic E-state index is 4.32. The first-order valence-electron chi connectivity index (χ1n) is 9.54. The topological polar surface area (TPSA) is 78.6 Å². The van der Waals surface area contributed by atoms with E-state index >= 15 is 0 Å². The van der Waals surface area contributed by atoms with Crippen LogP contribution in [0.15, 0.2) is 59.7 Å². The zero-order chi connectivity index (χ0) is 20.0. The second-order valence-corrected chi connectivity index (χ2v) is 7.48. The first-order valence-corrected chi connectivity index (χ1v) is 9.54. The fourth-order valence-corrected chi connectivity index (χ4v) is 3.16. The quantitative estimate of drug-likeness (QED) is 0.434. The van der Waals surface area contributed by atoms with E-state index in [1.54, 1.807) is 7.05 Å². The highest BCUT2D eigenvalue weighted by atomic mass is 15.3. The monoisotopic (exact) mass is 379 g/mol. The molecule has 1 aromatic carbocycles. The van der Waals surface area contributed by atoms with Crippen LogP contribution < -0.4 is 16.0 Å². The lowest BCUT2D eigenvalue weighted by Gasteiger charge is -2.31. The number of nitrogens with one attached hydrogen (secondary N) is 3. The molecular formula is C21H29N7. The lowest BCUT2D eigenvalue weighted by Crippen LogP contribution is -2.52. The molecule has 7 nitrogen and oxygen atoms in total. The van der Waals surface area contributed by atoms with Crippen LogP contribution in [0.3, 0.4) is 0 Å². The van der Waals surface area contributed by atoms with Gasteiger partial charge in [0.1, 0.15) is 0 Å². The van der Waals surface area contributed by atoms with Crippen molar-refractivity contribution in [3.8, 4) is 0 Å². The highest BCUT2D eigenvalue weighted by Crippen LogP contribution is 2.15. The Hall–Kier alpha value is -2.93. The number of nitrogens with zero attached hydrogens (tertiary/aromatic N) is 4. The van der Waals surface area contributed by atoms with Gasteiger partial charge in [0.25, 0.3) is 0 Å². The molecule has 148 valence electrons. The molecule has 3 N–H and O–H groups in total. The van der Waals surface area contributed by atoms with Crippen molar-refractivity contribution < 1.29 is 0 Å². The van der Waals surface area contributed by atoms with Gasteiger partial charge in [0.05, 0.1) is 6.54 Å². The minimum atomic E-state index is -0.117. The van der Waals surface area contributed by atoms with E-state index in [1.165, 1.54) is 5.56 Å². The van der Waals surface area contributed by atoms with E-state index in [0.29, 0.717) is 6.54 Å². The third-order valence-corrected chi connectivity index (χ3v) is 4.63. The van der Waals surface area contributed by atoms with E-state index < -0.39 is 0 Å². The number of rotatable bonds is 7. The zero-order valence-electron chi connectivity index (χ0n) is 17.0. The summed E-state index contributed by atoms with van der Waals surface area (Å²) >= 11 is 0. The number of aromatic nitrogens is 3. The second-order valence-electron chi connectivity index (χ2n) is 7.48. The van der Waals surface area contributed by atoms with E-state index in [2.05, 4.69) is 76.2 Å². The summed E-state index contributed by atoms with van der Waals surface area (Å²) in [6, 6.07) is 16.6. The Morgan fingerprint density at radius 3 is 2.57 bits per heavy atom. The molecule has 0 fully saturated rings. The normalized spacial score (nSPS) is 13.5. The largest absolute Gasteiger partial charge is 0.355 e. The predicted molar refractivity (Wildman–Crippen MR) is 113 cm³/mol. The van der Waals surface area contributed by atoms with Crippen molar-refractivity contribution in [2.45, 2.75) is 38.9 Å². The fourth-order valence-electron chi connectivity index (χ4n) is 3.16. The van der Waals surface area contributed by atoms with E-state index in [0.717, 1.165) is 24.0 Å². The maximum absolute atomic E-state index is 4.32. The Morgan fingerprint density at radius 1 is 1.07 bits per heavy atom. The molecular weight excluding hydrogens is 350 g/mol. The molecule has 1 atom stereocenters. The molecule has 7 heteroatoms. The van der Waals surface area contributed by atoms with Crippen LogP contribution in [0.5, 0.6) is 0 Å². The number of aliphatic imine (C=N–C) groups is 1. The van der Waals surface area contributed by atoms with Crippen LogP contribution in [-0.4, -0.2) is 39.7 Å². The second kappa shape index (κ2) is 8.84. The smallest absolute Gasteiger partial charge is 0.191 e. The van der Waals surface area contributed by atoms with Crippen molar-refractivity contribution >= 4 is 11.6 Å². The molecule has 0 radical (unpaired) electrons. The fraction of sp³-hybridized carbons (Fsp3) is 0.381. The van der Waals surface area contributed by atoms with Crippen molar-refractivity contribution in [2.75, 3.05) is 13.6 Å². The molecule has 1 unspecified atom stereocenters. The summed E-state index contributed by atoms with van der Waals surface area (Å²) in [5, 5.41) is 18.8. The van der Waals surface area contributed by atoms with Crippen LogP contribution in [0.25, 0.3) is 5.65 Å². The van der Waals surface area contributed by atoms with Gasteiger partial charge in [0.15, 0.2) is 17.4 Å². The van der Waals surface area contributed by atoms with Crippen LogP contribution in [0.2, 0.25) is 0 Å². The van der Waals surface area contributed by atoms with Gasteiger partial charge in [-0.2, -0.15) is 0 Å². The van der Waals surface area contributed by atoms with Gasteiger partial charge in [0.2, 0.25) is 0 Å². The van der Waals surface area contributed by atoms with Crippen LogP contribution >= 0.6 is 0 Å². The van der Waals surface area contributed by atoms with Gasteiger partial charge in [-0.1, -0.05) is 36.4 Å². The number of hydrogen-bond donors (Lipinski definition) is 3. The maximum Gasteiger partial charge on any atom is 0.191 e. The van der Waals surface area contributed by atoms with Gasteiger partial charge >= 0.3 is 0 Å². The van der Waals surface area contributed by atoms with Crippen LogP contribution in [-0.2, 0) is 6.54 Å². The SMILES string of the molecule is CN=C(NCc1nnc2ccccn12)NCC(C)(C)NC(C)c1ccccc1. The minimum absolute atomic E-state index is 0.117. The Bertz CT molecular complexity index is 915. The summed E-state index contributed by atoms with van der Waals surface area (Å²) in [4.78, 5) is 4.32. The Labute approximate surface area is 166 Å². The van der Waals surface area contributed by atoms with Crippen molar-refractivity contribution in [3.63, 3.8) is 0 Å². The summed E-state index contributed by atoms with van der Waals surface area (Å²) in [6.07, 6.45) is 1.96. The van der Waals surface area contributed by atoms with E-state index in [9.17, 15) is 0 Å². The zero-order valence-corrected chi connectivity index (χ0v) is 17.0. The highest BCUT2D eigenvalue weighted by Gasteiger charge is 2.21. The minimum Gasteiger partial charge on any atom is -0.355 e. The van der Waals surface area contributed by atoms with Gasteiger partial charge in [-0.05, 0) is 38.5 Å². The van der Waals surface area contributed by atoms with Crippen molar-refractivity contribution in [1.82, 2.24) is 30.5 Å². The molecule has 2 aromatic heterocycles. The number of hydrogen-bond acceptors (Lipinski definition) is 4. The number of guanidine groups is 1. The number of pyridine rings is 1. The first kappa shape index (κ1) is 19.8. The van der Waals surface area contributed by atoms with Gasteiger partial charge in [-0.15, -0.1) is 10.2 Å². The lowest BCUT2D eigenvalue weighted by atomic mass is 10.0. The summed E-state index contributed by atoms with van der Waals surface area (Å²) in [6.45, 7) is 7.81. The molecule has 28 heavy (non-hydrogen) atoms. The summed E-state index contributed by atoms with van der Waals surface area (Å²) in [7, 11) is 1.77. The summed E-state index contributed by atoms with van der Waals surface area (Å²) in [5.74, 6) is 1.57. The average Bonchev–Trinajstić information content (AvgIpc) is 3.11. The van der Waals surface area contributed by atoms with Gasteiger partial charge in [0, 0.05) is 31.4 Å². The number of fused-ring (bicyclic) bond motifs is 1. The lowest BCUT2D eigenvalue weighted by molar-refractivity contribution is 0.345. The highest BCUT2D eigenvalue weighted by molar-refractivity contribution is 5.79. The number of benzene rings is 1. The van der Waals surface area contributed by atoms with Gasteiger partial charge in [-0.3, -0.25) is 9.39 Å². The van der Waals surface area contributed by atoms with Gasteiger partial charge in [-0.25, -0.2) is 0 Å². The molecule has 0 bridgehead atoms. The standard InChI is InChI=1S/C21H29N7/c1-16(17-10-6-5-7-11-17)25-21(2,3)15-24-20(22-4)23-14-19-27-26-18-12-8-9-13-28(18)19/h5-13,16,25H,14-15H2,1-4H3,(H2,22,23,24). The van der Waals surface area contributed by atoms with Crippen LogP contribution in [0, 0.1) is 0 Å². The predicted octanol–water partition coefficient (Wildman–Crippen LogP) is 2.52. The third-order valence-electron chi connectivity index (χ3n) is 4.63. The van der Waals surface area contributed by atoms with Crippen molar-refractivity contribution in [2.24, 2.45) is 4.99 Å². The van der Waals surface area contributed by atoms with Crippen LogP contribution in [0.1, 0.15) is 38.2 Å². The third kappa shape index (κ3) is 5.07. The Balaban J connectivity index is 1.53. The van der Waals surface area contributed by atoms with Crippen LogP contribution in [0.4, 0.5) is 0 Å². The van der Waals surface area contributed by atoms with E-state index in [4.69, 9.17) is 0 Å². The molecule has 0 aliphatic rings. The Kier molecular flexibility index (Phi) is 6.26. The Morgan fingerprint density at radius 2 is 1.82 bits per heavy atom. The van der Waals surface area contributed by atoms with Crippen molar-refractivity contribution in [3.05, 3.63) is 66.1 Å².